The molecule has 0 aliphatic carbocycles. The fourth-order valence-corrected chi connectivity index (χ4v) is 2.48. The van der Waals surface area contributed by atoms with Crippen LogP contribution in [-0.4, -0.2) is 77.0 Å². The zero-order chi connectivity index (χ0) is 16.2. The molecule has 0 aromatic carbocycles. The predicted octanol–water partition coefficient (Wildman–Crippen LogP) is 0.846. The zero-order valence-electron chi connectivity index (χ0n) is 13.3. The number of carbonyl (C=O) groups excluding carboxylic acids is 2. The topological polar surface area (TPSA) is 81.2 Å². The average Bonchev–Trinajstić information content (AvgIpc) is 2.80. The molecule has 0 radical (unpaired) electrons. The van der Waals surface area contributed by atoms with Crippen molar-refractivity contribution >= 4 is 17.9 Å². The minimum Gasteiger partial charge on any atom is -0.480 e. The number of carboxylic acid groups (broad SMARTS) is 1. The Morgan fingerprint density at radius 1 is 1.29 bits per heavy atom. The van der Waals surface area contributed by atoms with Crippen LogP contribution in [-0.2, 0) is 9.59 Å². The first kappa shape index (κ1) is 17.3. The van der Waals surface area contributed by atoms with E-state index in [1.807, 2.05) is 6.92 Å². The number of carbonyl (C=O) groups is 3. The van der Waals surface area contributed by atoms with E-state index in [9.17, 15) is 19.5 Å². The molecular weight excluding hydrogens is 274 g/mol. The number of urea groups is 1. The highest BCUT2D eigenvalue weighted by Crippen LogP contribution is 2.30. The van der Waals surface area contributed by atoms with Gasteiger partial charge in [-0.1, -0.05) is 6.92 Å². The molecule has 1 fully saturated rings. The summed E-state index contributed by atoms with van der Waals surface area (Å²) in [6, 6.07) is -0.366. The second kappa shape index (κ2) is 6.78. The Kier molecular flexibility index (Phi) is 5.57. The molecule has 1 aliphatic heterocycles. The Labute approximate surface area is 125 Å². The van der Waals surface area contributed by atoms with Crippen LogP contribution in [0.2, 0.25) is 0 Å². The summed E-state index contributed by atoms with van der Waals surface area (Å²) in [5.74, 6) is -1.17. The van der Waals surface area contributed by atoms with E-state index in [0.29, 0.717) is 32.4 Å². The van der Waals surface area contributed by atoms with Crippen molar-refractivity contribution in [1.82, 2.24) is 14.7 Å². The van der Waals surface area contributed by atoms with Crippen molar-refractivity contribution in [2.24, 2.45) is 0 Å². The van der Waals surface area contributed by atoms with E-state index >= 15 is 0 Å². The molecule has 120 valence electrons. The standard InChI is InChI=1S/C14H25N3O4/c1-5-8-16(10-11(18)15(3)4)13(21)17-9-6-7-14(17,2)12(19)20/h5-10H2,1-4H3,(H,19,20). The molecule has 1 aliphatic rings. The highest BCUT2D eigenvalue weighted by Gasteiger charge is 2.47. The molecule has 0 spiro atoms. The highest BCUT2D eigenvalue weighted by atomic mass is 16.4. The summed E-state index contributed by atoms with van der Waals surface area (Å²) >= 11 is 0. The van der Waals surface area contributed by atoms with Gasteiger partial charge in [0.05, 0.1) is 0 Å². The van der Waals surface area contributed by atoms with Crippen molar-refractivity contribution in [3.63, 3.8) is 0 Å². The lowest BCUT2D eigenvalue weighted by Crippen LogP contribution is -2.56. The van der Waals surface area contributed by atoms with Crippen LogP contribution in [0.5, 0.6) is 0 Å². The number of carboxylic acids is 1. The Balaban J connectivity index is 2.90. The van der Waals surface area contributed by atoms with Crippen LogP contribution in [0, 0.1) is 0 Å². The number of hydrogen-bond donors (Lipinski definition) is 1. The van der Waals surface area contributed by atoms with Crippen molar-refractivity contribution in [2.75, 3.05) is 33.7 Å². The van der Waals surface area contributed by atoms with Gasteiger partial charge >= 0.3 is 12.0 Å². The Morgan fingerprint density at radius 3 is 2.38 bits per heavy atom. The second-order valence-electron chi connectivity index (χ2n) is 5.83. The molecule has 1 N–H and O–H groups in total. The first-order valence-corrected chi connectivity index (χ1v) is 7.24. The van der Waals surface area contributed by atoms with Gasteiger partial charge in [-0.15, -0.1) is 0 Å². The van der Waals surface area contributed by atoms with Gasteiger partial charge in [0.1, 0.15) is 12.1 Å². The molecule has 0 aromatic heterocycles. The lowest BCUT2D eigenvalue weighted by molar-refractivity contribution is -0.147. The first-order chi connectivity index (χ1) is 9.74. The summed E-state index contributed by atoms with van der Waals surface area (Å²) in [7, 11) is 3.27. The van der Waals surface area contributed by atoms with Crippen LogP contribution in [0.1, 0.15) is 33.1 Å². The van der Waals surface area contributed by atoms with E-state index in [1.54, 1.807) is 21.0 Å². The van der Waals surface area contributed by atoms with Gasteiger partial charge in [-0.25, -0.2) is 9.59 Å². The van der Waals surface area contributed by atoms with Gasteiger partial charge in [-0.2, -0.15) is 0 Å². The molecule has 1 unspecified atom stereocenters. The monoisotopic (exact) mass is 299 g/mol. The third-order valence-electron chi connectivity index (χ3n) is 3.92. The summed E-state index contributed by atoms with van der Waals surface area (Å²) in [6.07, 6.45) is 1.82. The van der Waals surface area contributed by atoms with Gasteiger partial charge in [0.15, 0.2) is 0 Å². The van der Waals surface area contributed by atoms with E-state index in [2.05, 4.69) is 0 Å². The molecule has 1 heterocycles. The van der Waals surface area contributed by atoms with Gasteiger partial charge in [0.25, 0.3) is 0 Å². The van der Waals surface area contributed by atoms with E-state index < -0.39 is 11.5 Å². The van der Waals surface area contributed by atoms with E-state index in [0.717, 1.165) is 0 Å². The number of likely N-dealkylation sites (N-methyl/N-ethyl adjacent to an activating group) is 1. The molecule has 21 heavy (non-hydrogen) atoms. The molecule has 1 saturated heterocycles. The molecular formula is C14H25N3O4. The van der Waals surface area contributed by atoms with Gasteiger partial charge in [0.2, 0.25) is 5.91 Å². The van der Waals surface area contributed by atoms with Crippen LogP contribution in [0.25, 0.3) is 0 Å². The van der Waals surface area contributed by atoms with E-state index in [1.165, 1.54) is 14.7 Å². The van der Waals surface area contributed by atoms with Crippen LogP contribution < -0.4 is 0 Å². The zero-order valence-corrected chi connectivity index (χ0v) is 13.3. The van der Waals surface area contributed by atoms with Crippen LogP contribution in [0.3, 0.4) is 0 Å². The molecule has 3 amide bonds. The van der Waals surface area contributed by atoms with Crippen molar-refractivity contribution < 1.29 is 19.5 Å². The van der Waals surface area contributed by atoms with Crippen LogP contribution >= 0.6 is 0 Å². The predicted molar refractivity (Wildman–Crippen MR) is 77.9 cm³/mol. The van der Waals surface area contributed by atoms with Crippen molar-refractivity contribution in [3.05, 3.63) is 0 Å². The lowest BCUT2D eigenvalue weighted by atomic mass is 10.00. The SMILES string of the molecule is CCCN(CC(=O)N(C)C)C(=O)N1CCCC1(C)C(=O)O. The largest absolute Gasteiger partial charge is 0.480 e. The fourth-order valence-electron chi connectivity index (χ4n) is 2.48. The average molecular weight is 299 g/mol. The summed E-state index contributed by atoms with van der Waals surface area (Å²) in [4.78, 5) is 40.2. The first-order valence-electron chi connectivity index (χ1n) is 7.24. The quantitative estimate of drug-likeness (QED) is 0.816. The number of likely N-dealkylation sites (tertiary alicyclic amines) is 1. The number of amides is 3. The van der Waals surface area contributed by atoms with Crippen molar-refractivity contribution in [3.8, 4) is 0 Å². The summed E-state index contributed by atoms with van der Waals surface area (Å²) < 4.78 is 0. The summed E-state index contributed by atoms with van der Waals surface area (Å²) in [5, 5.41) is 9.39. The van der Waals surface area contributed by atoms with Crippen LogP contribution in [0.15, 0.2) is 0 Å². The Bertz CT molecular complexity index is 424. The minimum absolute atomic E-state index is 0.0220. The Hall–Kier alpha value is -1.79. The number of rotatable bonds is 5. The fraction of sp³-hybridized carbons (Fsp3) is 0.786. The minimum atomic E-state index is -1.18. The summed E-state index contributed by atoms with van der Waals surface area (Å²) in [5.41, 5.74) is -1.18. The van der Waals surface area contributed by atoms with Crippen molar-refractivity contribution in [2.45, 2.75) is 38.6 Å². The Morgan fingerprint density at radius 2 is 1.90 bits per heavy atom. The molecule has 7 heteroatoms. The third kappa shape index (κ3) is 3.65. The molecule has 0 bridgehead atoms. The number of hydrogen-bond acceptors (Lipinski definition) is 3. The van der Waals surface area contributed by atoms with Crippen molar-refractivity contribution in [1.29, 1.82) is 0 Å². The second-order valence-corrected chi connectivity index (χ2v) is 5.83. The molecule has 0 saturated carbocycles. The maximum Gasteiger partial charge on any atom is 0.329 e. The van der Waals surface area contributed by atoms with E-state index in [-0.39, 0.29) is 18.5 Å². The lowest BCUT2D eigenvalue weighted by Gasteiger charge is -2.35. The summed E-state index contributed by atoms with van der Waals surface area (Å²) in [6.45, 7) is 4.31. The number of aliphatic carboxylic acids is 1. The highest BCUT2D eigenvalue weighted by molar-refractivity contribution is 5.89. The molecule has 7 nitrogen and oxygen atoms in total. The smallest absolute Gasteiger partial charge is 0.329 e. The maximum absolute atomic E-state index is 12.6. The molecule has 1 atom stereocenters. The molecule has 1 rings (SSSR count). The van der Waals surface area contributed by atoms with Gasteiger partial charge in [0, 0.05) is 27.2 Å². The van der Waals surface area contributed by atoms with Gasteiger partial charge in [-0.3, -0.25) is 4.79 Å². The maximum atomic E-state index is 12.6. The van der Waals surface area contributed by atoms with Gasteiger partial charge < -0.3 is 19.8 Å². The van der Waals surface area contributed by atoms with Gasteiger partial charge in [-0.05, 0) is 26.2 Å². The molecule has 0 aromatic rings. The number of nitrogens with zero attached hydrogens (tertiary/aromatic N) is 3. The van der Waals surface area contributed by atoms with Crippen LogP contribution in [0.4, 0.5) is 4.79 Å². The van der Waals surface area contributed by atoms with E-state index in [4.69, 9.17) is 0 Å². The normalized spacial score (nSPS) is 21.2. The third-order valence-corrected chi connectivity index (χ3v) is 3.92.